The van der Waals surface area contributed by atoms with Gasteiger partial charge in [-0.15, -0.1) is 0 Å². The first kappa shape index (κ1) is 11.4. The third kappa shape index (κ3) is 1.79. The van der Waals surface area contributed by atoms with Crippen LogP contribution in [0.5, 0.6) is 0 Å². The summed E-state index contributed by atoms with van der Waals surface area (Å²) >= 11 is 2.23. The van der Waals surface area contributed by atoms with Crippen LogP contribution in [0, 0.1) is 3.57 Å². The number of nitrogens with zero attached hydrogens (tertiary/aromatic N) is 2. The van der Waals surface area contributed by atoms with Gasteiger partial charge >= 0.3 is 5.97 Å². The maximum absolute atomic E-state index is 11.5. The Morgan fingerprint density at radius 1 is 1.62 bits per heavy atom. The summed E-state index contributed by atoms with van der Waals surface area (Å²) in [7, 11) is 1.40. The van der Waals surface area contributed by atoms with Crippen molar-refractivity contribution in [3.63, 3.8) is 0 Å². The monoisotopic (exact) mass is 330 g/mol. The van der Waals surface area contributed by atoms with E-state index in [1.807, 2.05) is 23.8 Å². The van der Waals surface area contributed by atoms with E-state index in [0.717, 1.165) is 14.5 Å². The zero-order chi connectivity index (χ0) is 11.7. The van der Waals surface area contributed by atoms with Crippen molar-refractivity contribution in [1.29, 1.82) is 0 Å². The summed E-state index contributed by atoms with van der Waals surface area (Å²) in [6.45, 7) is 1.82. The van der Waals surface area contributed by atoms with Crippen LogP contribution in [-0.4, -0.2) is 22.6 Å². The number of rotatable bonds is 2. The number of esters is 1. The molecule has 0 amide bonds. The van der Waals surface area contributed by atoms with Gasteiger partial charge in [-0.2, -0.15) is 0 Å². The number of hydrogen-bond donors (Lipinski definition) is 0. The van der Waals surface area contributed by atoms with E-state index in [1.54, 1.807) is 12.4 Å². The largest absolute Gasteiger partial charge is 0.467 e. The highest BCUT2D eigenvalue weighted by atomic mass is 127. The van der Waals surface area contributed by atoms with Crippen LogP contribution in [0.3, 0.4) is 0 Å². The van der Waals surface area contributed by atoms with Gasteiger partial charge in [0.15, 0.2) is 0 Å². The van der Waals surface area contributed by atoms with Gasteiger partial charge in [-0.05, 0) is 35.6 Å². The number of carbonyl (C=O) groups excluding carboxylic acids is 1. The average Bonchev–Trinajstić information content (AvgIpc) is 2.65. The van der Waals surface area contributed by atoms with Gasteiger partial charge in [0.25, 0.3) is 0 Å². The van der Waals surface area contributed by atoms with Gasteiger partial charge in [0.2, 0.25) is 0 Å². The molecule has 2 heterocycles. The van der Waals surface area contributed by atoms with Crippen molar-refractivity contribution >= 4 is 39.5 Å². The first-order valence-corrected chi connectivity index (χ1v) is 5.91. The highest BCUT2D eigenvalue weighted by molar-refractivity contribution is 14.1. The lowest BCUT2D eigenvalue weighted by atomic mass is 10.3. The van der Waals surface area contributed by atoms with Crippen molar-refractivity contribution in [1.82, 2.24) is 9.55 Å². The molecule has 2 aromatic heterocycles. The molecule has 2 aromatic rings. The SMILES string of the molecule is COC(=O)C(C)n1cc(I)c2cnccc21. The molecule has 0 saturated heterocycles. The third-order valence-electron chi connectivity index (χ3n) is 2.55. The Kier molecular flexibility index (Phi) is 3.13. The average molecular weight is 330 g/mol. The number of hydrogen-bond acceptors (Lipinski definition) is 3. The number of methoxy groups -OCH3 is 1. The van der Waals surface area contributed by atoms with Crippen LogP contribution >= 0.6 is 22.6 Å². The van der Waals surface area contributed by atoms with Gasteiger partial charge in [0, 0.05) is 27.5 Å². The molecule has 0 aliphatic carbocycles. The zero-order valence-corrected chi connectivity index (χ0v) is 11.1. The Balaban J connectivity index is 2.57. The van der Waals surface area contributed by atoms with E-state index < -0.39 is 0 Å². The highest BCUT2D eigenvalue weighted by Crippen LogP contribution is 2.25. The van der Waals surface area contributed by atoms with Gasteiger partial charge < -0.3 is 9.30 Å². The molecule has 0 aliphatic heterocycles. The Morgan fingerprint density at radius 2 is 2.38 bits per heavy atom. The fraction of sp³-hybridized carbons (Fsp3) is 0.273. The van der Waals surface area contributed by atoms with Crippen LogP contribution in [-0.2, 0) is 9.53 Å². The Morgan fingerprint density at radius 3 is 3.06 bits per heavy atom. The van der Waals surface area contributed by atoms with Crippen LogP contribution < -0.4 is 0 Å². The minimum atomic E-state index is -0.321. The molecule has 1 unspecified atom stereocenters. The van der Waals surface area contributed by atoms with Crippen molar-refractivity contribution in [2.45, 2.75) is 13.0 Å². The first-order chi connectivity index (χ1) is 7.65. The zero-order valence-electron chi connectivity index (χ0n) is 8.98. The van der Waals surface area contributed by atoms with Gasteiger partial charge in [-0.25, -0.2) is 4.79 Å². The van der Waals surface area contributed by atoms with Crippen LogP contribution in [0.15, 0.2) is 24.7 Å². The number of fused-ring (bicyclic) bond motifs is 1. The van der Waals surface area contributed by atoms with Crippen molar-refractivity contribution < 1.29 is 9.53 Å². The van der Waals surface area contributed by atoms with Crippen LogP contribution in [0.1, 0.15) is 13.0 Å². The maximum Gasteiger partial charge on any atom is 0.328 e. The molecule has 16 heavy (non-hydrogen) atoms. The van der Waals surface area contributed by atoms with Crippen LogP contribution in [0.4, 0.5) is 0 Å². The smallest absolute Gasteiger partial charge is 0.328 e. The summed E-state index contributed by atoms with van der Waals surface area (Å²) in [5.74, 6) is -0.245. The van der Waals surface area contributed by atoms with E-state index in [1.165, 1.54) is 7.11 Å². The van der Waals surface area contributed by atoms with Crippen molar-refractivity contribution in [3.05, 3.63) is 28.2 Å². The van der Waals surface area contributed by atoms with Gasteiger partial charge in [-0.3, -0.25) is 4.98 Å². The van der Waals surface area contributed by atoms with Crippen LogP contribution in [0.2, 0.25) is 0 Å². The summed E-state index contributed by atoms with van der Waals surface area (Å²) in [6, 6.07) is 1.58. The van der Waals surface area contributed by atoms with Crippen LogP contribution in [0.25, 0.3) is 10.9 Å². The van der Waals surface area contributed by atoms with Gasteiger partial charge in [-0.1, -0.05) is 0 Å². The molecule has 1 atom stereocenters. The molecular formula is C11H11IN2O2. The molecule has 84 valence electrons. The fourth-order valence-corrected chi connectivity index (χ4v) is 2.38. The molecule has 2 rings (SSSR count). The number of carbonyl (C=O) groups is 1. The molecular weight excluding hydrogens is 319 g/mol. The maximum atomic E-state index is 11.5. The third-order valence-corrected chi connectivity index (χ3v) is 3.41. The van der Waals surface area contributed by atoms with Gasteiger partial charge in [0.05, 0.1) is 12.6 Å². The van der Waals surface area contributed by atoms with Crippen molar-refractivity contribution in [3.8, 4) is 0 Å². The predicted molar refractivity (Wildman–Crippen MR) is 69.2 cm³/mol. The van der Waals surface area contributed by atoms with Crippen molar-refractivity contribution in [2.24, 2.45) is 0 Å². The predicted octanol–water partition coefficient (Wildman–Crippen LogP) is 2.37. The molecule has 0 fully saturated rings. The molecule has 0 saturated carbocycles. The topological polar surface area (TPSA) is 44.1 Å². The van der Waals surface area contributed by atoms with Crippen molar-refractivity contribution in [2.75, 3.05) is 7.11 Å². The lowest BCUT2D eigenvalue weighted by Gasteiger charge is -2.12. The quantitative estimate of drug-likeness (QED) is 0.627. The molecule has 0 spiro atoms. The molecule has 5 heteroatoms. The molecule has 0 bridgehead atoms. The lowest BCUT2D eigenvalue weighted by Crippen LogP contribution is -2.16. The van der Waals surface area contributed by atoms with E-state index in [2.05, 4.69) is 27.6 Å². The standard InChI is InChI=1S/C11H11IN2O2/c1-7(11(15)16-2)14-6-9(12)8-5-13-4-3-10(8)14/h3-7H,1-2H3. The summed E-state index contributed by atoms with van der Waals surface area (Å²) in [4.78, 5) is 15.6. The second-order valence-corrected chi connectivity index (χ2v) is 4.64. The molecule has 0 radical (unpaired) electrons. The second kappa shape index (κ2) is 4.40. The Hall–Kier alpha value is -1.11. The Labute approximate surface area is 107 Å². The summed E-state index contributed by atoms with van der Waals surface area (Å²) in [5, 5.41) is 1.05. The summed E-state index contributed by atoms with van der Waals surface area (Å²) in [6.07, 6.45) is 5.46. The Bertz CT molecular complexity index is 536. The molecule has 0 N–H and O–H groups in total. The van der Waals surface area contributed by atoms with E-state index in [9.17, 15) is 4.79 Å². The number of pyridine rings is 1. The first-order valence-electron chi connectivity index (χ1n) is 4.83. The molecule has 0 aromatic carbocycles. The van der Waals surface area contributed by atoms with E-state index in [-0.39, 0.29) is 12.0 Å². The minimum absolute atomic E-state index is 0.245. The second-order valence-electron chi connectivity index (χ2n) is 3.48. The normalized spacial score (nSPS) is 12.7. The number of ether oxygens (including phenoxy) is 1. The van der Waals surface area contributed by atoms with E-state index in [4.69, 9.17) is 4.74 Å². The fourth-order valence-electron chi connectivity index (χ4n) is 1.66. The number of aromatic nitrogens is 2. The summed E-state index contributed by atoms with van der Waals surface area (Å²) < 4.78 is 7.73. The minimum Gasteiger partial charge on any atom is -0.467 e. The number of halogens is 1. The highest BCUT2D eigenvalue weighted by Gasteiger charge is 2.18. The lowest BCUT2D eigenvalue weighted by molar-refractivity contribution is -0.143. The molecule has 0 aliphatic rings. The van der Waals surface area contributed by atoms with E-state index in [0.29, 0.717) is 0 Å². The van der Waals surface area contributed by atoms with E-state index >= 15 is 0 Å². The molecule has 4 nitrogen and oxygen atoms in total. The summed E-state index contributed by atoms with van der Waals surface area (Å²) in [5.41, 5.74) is 0.998. The van der Waals surface area contributed by atoms with Gasteiger partial charge in [0.1, 0.15) is 6.04 Å².